The lowest BCUT2D eigenvalue weighted by Crippen LogP contribution is -2.52. The lowest BCUT2D eigenvalue weighted by molar-refractivity contribution is -0.128. The highest BCUT2D eigenvalue weighted by Crippen LogP contribution is 2.31. The van der Waals surface area contributed by atoms with Gasteiger partial charge in [-0.2, -0.15) is 0 Å². The maximum absolute atomic E-state index is 12.6. The second-order valence-electron chi connectivity index (χ2n) is 8.83. The number of hydrogen-bond donors (Lipinski definition) is 2. The van der Waals surface area contributed by atoms with Gasteiger partial charge in [0, 0.05) is 0 Å². The van der Waals surface area contributed by atoms with Crippen molar-refractivity contribution in [3.8, 4) is 0 Å². The van der Waals surface area contributed by atoms with E-state index >= 15 is 0 Å². The van der Waals surface area contributed by atoms with Crippen molar-refractivity contribution in [2.45, 2.75) is 67.5 Å². The van der Waals surface area contributed by atoms with Crippen LogP contribution in [0.1, 0.15) is 55.4 Å². The van der Waals surface area contributed by atoms with Gasteiger partial charge in [0.25, 0.3) is 0 Å². The fraction of sp³-hybridized carbons (Fsp3) is 0.882. The van der Waals surface area contributed by atoms with E-state index in [0.717, 1.165) is 0 Å². The van der Waals surface area contributed by atoms with Gasteiger partial charge in [0.05, 0.1) is 18.7 Å². The van der Waals surface area contributed by atoms with Gasteiger partial charge in [-0.05, 0) is 24.7 Å². The number of aliphatic hydroxyl groups is 1. The molecule has 0 aromatic carbocycles. The molecule has 0 aromatic rings. The molecule has 2 atom stereocenters. The summed E-state index contributed by atoms with van der Waals surface area (Å²) in [7, 11) is 0. The number of nitrogens with zero attached hydrogens (tertiary/aromatic N) is 1. The van der Waals surface area contributed by atoms with E-state index in [1.807, 2.05) is 34.6 Å². The van der Waals surface area contributed by atoms with Gasteiger partial charge in [-0.15, -0.1) is 0 Å². The minimum absolute atomic E-state index is 0.00729. The van der Waals surface area contributed by atoms with E-state index in [0.29, 0.717) is 12.5 Å². The van der Waals surface area contributed by atoms with E-state index in [9.17, 15) is 9.90 Å². The van der Waals surface area contributed by atoms with Gasteiger partial charge in [0.1, 0.15) is 12.0 Å². The van der Waals surface area contributed by atoms with E-state index in [2.05, 4.69) is 31.1 Å². The van der Waals surface area contributed by atoms with Gasteiger partial charge in [-0.1, -0.05) is 41.5 Å². The van der Waals surface area contributed by atoms with Crippen molar-refractivity contribution >= 4 is 11.8 Å². The summed E-state index contributed by atoms with van der Waals surface area (Å²) in [5.41, 5.74) is -1.06. The highest BCUT2D eigenvalue weighted by molar-refractivity contribution is 6.04. The topological polar surface area (TPSA) is 70.9 Å². The summed E-state index contributed by atoms with van der Waals surface area (Å²) >= 11 is 0. The zero-order chi connectivity index (χ0) is 17.3. The molecular weight excluding hydrogens is 280 g/mol. The minimum Gasteiger partial charge on any atom is -0.478 e. The number of hydrogen-bond acceptors (Lipinski definition) is 4. The maximum atomic E-state index is 12.6. The second-order valence-corrected chi connectivity index (χ2v) is 8.83. The van der Waals surface area contributed by atoms with Crippen LogP contribution < -0.4 is 5.32 Å². The van der Waals surface area contributed by atoms with Crippen LogP contribution in [0.5, 0.6) is 0 Å². The van der Waals surface area contributed by atoms with Crippen LogP contribution in [-0.2, 0) is 9.53 Å². The Kier molecular flexibility index (Phi) is 5.33. The third-order valence-electron chi connectivity index (χ3n) is 4.29. The Bertz CT molecular complexity index is 442. The molecule has 1 amide bonds. The smallest absolute Gasteiger partial charge is 0.235 e. The van der Waals surface area contributed by atoms with Crippen molar-refractivity contribution in [2.75, 3.05) is 13.2 Å². The van der Waals surface area contributed by atoms with Gasteiger partial charge < -0.3 is 15.2 Å². The van der Waals surface area contributed by atoms with Crippen LogP contribution in [-0.4, -0.2) is 42.2 Å². The maximum Gasteiger partial charge on any atom is 0.235 e. The van der Waals surface area contributed by atoms with E-state index in [4.69, 9.17) is 4.74 Å². The van der Waals surface area contributed by atoms with Gasteiger partial charge in [-0.3, -0.25) is 4.79 Å². The summed E-state index contributed by atoms with van der Waals surface area (Å²) in [5, 5.41) is 12.4. The summed E-state index contributed by atoms with van der Waals surface area (Å²) in [5.74, 6) is 0.310. The Hall–Kier alpha value is -1.10. The predicted octanol–water partition coefficient (Wildman–Crippen LogP) is 2.38. The second kappa shape index (κ2) is 6.19. The van der Waals surface area contributed by atoms with E-state index < -0.39 is 5.41 Å². The molecule has 1 rings (SSSR count). The van der Waals surface area contributed by atoms with Crippen molar-refractivity contribution in [3.63, 3.8) is 0 Å². The molecule has 1 aliphatic heterocycles. The van der Waals surface area contributed by atoms with Gasteiger partial charge in [-0.25, -0.2) is 4.99 Å². The normalized spacial score (nSPS) is 21.1. The molecular formula is C17H32N2O3. The molecule has 0 saturated heterocycles. The molecule has 2 N–H and O–H groups in total. The molecule has 22 heavy (non-hydrogen) atoms. The first-order valence-corrected chi connectivity index (χ1v) is 7.93. The average molecular weight is 312 g/mol. The Labute approximate surface area is 134 Å². The highest BCUT2D eigenvalue weighted by atomic mass is 16.5. The van der Waals surface area contributed by atoms with Crippen LogP contribution in [0.2, 0.25) is 0 Å². The van der Waals surface area contributed by atoms with Crippen molar-refractivity contribution < 1.29 is 14.6 Å². The molecule has 0 fully saturated rings. The average Bonchev–Trinajstić information content (AvgIpc) is 2.83. The number of aliphatic imine (C=N–C) groups is 1. The Balaban J connectivity index is 2.88. The zero-order valence-electron chi connectivity index (χ0n) is 15.3. The molecule has 128 valence electrons. The highest BCUT2D eigenvalue weighted by Gasteiger charge is 2.42. The number of rotatable bonds is 4. The number of amides is 1. The van der Waals surface area contributed by atoms with Crippen molar-refractivity contribution in [3.05, 3.63) is 0 Å². The zero-order valence-corrected chi connectivity index (χ0v) is 15.3. The Morgan fingerprint density at radius 3 is 2.18 bits per heavy atom. The van der Waals surface area contributed by atoms with Crippen molar-refractivity contribution in [1.29, 1.82) is 0 Å². The van der Waals surface area contributed by atoms with Crippen LogP contribution in [0.3, 0.4) is 0 Å². The van der Waals surface area contributed by atoms with Crippen LogP contribution in [0.25, 0.3) is 0 Å². The van der Waals surface area contributed by atoms with Gasteiger partial charge >= 0.3 is 0 Å². The fourth-order valence-corrected chi connectivity index (χ4v) is 2.13. The first-order valence-electron chi connectivity index (χ1n) is 7.93. The number of carbonyl (C=O) groups is 1. The summed E-state index contributed by atoms with van der Waals surface area (Å²) < 4.78 is 5.71. The van der Waals surface area contributed by atoms with Crippen LogP contribution >= 0.6 is 0 Å². The molecule has 0 spiro atoms. The fourth-order valence-electron chi connectivity index (χ4n) is 2.13. The summed E-state index contributed by atoms with van der Waals surface area (Å²) in [4.78, 5) is 17.3. The third kappa shape index (κ3) is 4.22. The van der Waals surface area contributed by atoms with Crippen molar-refractivity contribution in [2.24, 2.45) is 21.2 Å². The molecule has 0 unspecified atom stereocenters. The Morgan fingerprint density at radius 2 is 1.82 bits per heavy atom. The molecule has 0 bridgehead atoms. The molecule has 0 aromatic heterocycles. The van der Waals surface area contributed by atoms with Gasteiger partial charge in [0.2, 0.25) is 5.91 Å². The number of ether oxygens (including phenoxy) is 1. The van der Waals surface area contributed by atoms with E-state index in [1.165, 1.54) is 0 Å². The molecule has 1 heterocycles. The summed E-state index contributed by atoms with van der Waals surface area (Å²) in [6, 6.07) is -0.245. The molecule has 1 aliphatic rings. The molecule has 0 radical (unpaired) electrons. The largest absolute Gasteiger partial charge is 0.478 e. The summed E-state index contributed by atoms with van der Waals surface area (Å²) in [6.45, 7) is 16.3. The Morgan fingerprint density at radius 1 is 1.27 bits per heavy atom. The molecule has 5 heteroatoms. The quantitative estimate of drug-likeness (QED) is 0.837. The molecule has 0 aliphatic carbocycles. The first kappa shape index (κ1) is 18.9. The van der Waals surface area contributed by atoms with E-state index in [1.54, 1.807) is 0 Å². The number of nitrogens with one attached hydrogen (secondary N) is 1. The van der Waals surface area contributed by atoms with Gasteiger partial charge in [0.15, 0.2) is 5.90 Å². The lowest BCUT2D eigenvalue weighted by atomic mass is 9.85. The lowest BCUT2D eigenvalue weighted by Gasteiger charge is -2.33. The van der Waals surface area contributed by atoms with Crippen molar-refractivity contribution in [1.82, 2.24) is 5.32 Å². The molecule has 0 saturated carbocycles. The predicted molar refractivity (Wildman–Crippen MR) is 88.9 cm³/mol. The summed E-state index contributed by atoms with van der Waals surface area (Å²) in [6.07, 6.45) is 0. The first-order chi connectivity index (χ1) is 9.80. The monoisotopic (exact) mass is 312 g/mol. The van der Waals surface area contributed by atoms with E-state index in [-0.39, 0.29) is 35.4 Å². The van der Waals surface area contributed by atoms with Crippen LogP contribution in [0.15, 0.2) is 4.99 Å². The third-order valence-corrected chi connectivity index (χ3v) is 4.29. The number of carbonyl (C=O) groups excluding carboxylic acids is 1. The molecule has 5 nitrogen and oxygen atoms in total. The standard InChI is InChI=1S/C17H32N2O3/c1-15(2,3)11(9-20)18-13(21)17(7,8)14-19-12(10-22-14)16(4,5)6/h11-12,20H,9-10H2,1-8H3,(H,18,21)/t11-,12+/m0/s1. The SMILES string of the molecule is CC(C)(C(=O)N[C@@H](CO)C(C)(C)C)C1=N[C@@H](C(C)(C)C)CO1. The van der Waals surface area contributed by atoms with Crippen LogP contribution in [0, 0.1) is 16.2 Å². The number of aliphatic hydroxyl groups excluding tert-OH is 1. The van der Waals surface area contributed by atoms with Crippen LogP contribution in [0.4, 0.5) is 0 Å². The minimum atomic E-state index is -0.849.